The quantitative estimate of drug-likeness (QED) is 0.418. The average molecular weight is 584 g/mol. The lowest BCUT2D eigenvalue weighted by atomic mass is 9.61. The molecule has 12 heteroatoms. The molecular formula is C29H35ClFN7O3. The van der Waals surface area contributed by atoms with Crippen LogP contribution in [0, 0.1) is 11.2 Å². The Balaban J connectivity index is 0.00000337. The van der Waals surface area contributed by atoms with Gasteiger partial charge < -0.3 is 24.6 Å². The van der Waals surface area contributed by atoms with Crippen molar-refractivity contribution < 1.29 is 18.7 Å². The molecule has 2 aromatic heterocycles. The number of hydrogen-bond acceptors (Lipinski definition) is 9. The van der Waals surface area contributed by atoms with Crippen molar-refractivity contribution in [2.45, 2.75) is 58.7 Å². The highest BCUT2D eigenvalue weighted by atomic mass is 35.5. The highest BCUT2D eigenvalue weighted by Gasteiger charge is 2.54. The van der Waals surface area contributed by atoms with Crippen molar-refractivity contribution in [3.05, 3.63) is 59.4 Å². The Morgan fingerprint density at radius 3 is 2.78 bits per heavy atom. The second-order valence-electron chi connectivity index (χ2n) is 11.2. The number of carbonyl (C=O) groups excluding carboxylic acids is 1. The highest BCUT2D eigenvalue weighted by molar-refractivity contribution is 5.97. The topological polar surface area (TPSA) is 106 Å². The van der Waals surface area contributed by atoms with E-state index in [0.29, 0.717) is 12.4 Å². The van der Waals surface area contributed by atoms with Crippen LogP contribution in [0.25, 0.3) is 0 Å². The molecule has 1 amide bonds. The first-order valence-corrected chi connectivity index (χ1v) is 13.9. The summed E-state index contributed by atoms with van der Waals surface area (Å²) in [6, 6.07) is 5.85. The molecule has 1 aliphatic carbocycles. The van der Waals surface area contributed by atoms with Crippen LogP contribution >= 0.6 is 12.4 Å². The third kappa shape index (κ3) is 5.65. The van der Waals surface area contributed by atoms with E-state index in [2.05, 4.69) is 30.4 Å². The third-order valence-corrected chi connectivity index (χ3v) is 8.08. The number of halogens is 2. The molecule has 10 nitrogen and oxygen atoms in total. The first kappa shape index (κ1) is 28.9. The summed E-state index contributed by atoms with van der Waals surface area (Å²) in [5.74, 6) is 1.08. The van der Waals surface area contributed by atoms with Gasteiger partial charge in [-0.15, -0.1) is 22.6 Å². The summed E-state index contributed by atoms with van der Waals surface area (Å²) in [4.78, 5) is 26.0. The van der Waals surface area contributed by atoms with Crippen LogP contribution < -0.4 is 19.7 Å². The van der Waals surface area contributed by atoms with Gasteiger partial charge in [-0.3, -0.25) is 9.78 Å². The van der Waals surface area contributed by atoms with E-state index < -0.39 is 5.82 Å². The largest absolute Gasteiger partial charge is 0.490 e. The molecule has 3 aliphatic rings. The van der Waals surface area contributed by atoms with Crippen LogP contribution in [0.4, 0.5) is 10.2 Å². The number of benzene rings is 1. The number of aromatic nitrogens is 4. The first-order valence-electron chi connectivity index (χ1n) is 13.9. The van der Waals surface area contributed by atoms with Gasteiger partial charge in [0.2, 0.25) is 0 Å². The predicted molar refractivity (Wildman–Crippen MR) is 153 cm³/mol. The number of fused-ring (bicyclic) bond motifs is 1. The van der Waals surface area contributed by atoms with Gasteiger partial charge in [0.15, 0.2) is 5.82 Å². The summed E-state index contributed by atoms with van der Waals surface area (Å²) in [6.07, 6.45) is 6.24. The standard InChI is InChI=1S/C29H34FN7O3.ClH/c1-4-37(18(2)3)28(38)21-11-19(30)5-6-24(21)40-27-26(33-17-34-35-27)36-15-29(16-36)12-20(13-29)39-25-8-10-32-23-7-9-31-14-22(23)25;/h5-6,8,10-11,17-18,20,31H,4,7,9,12-16H2,1-3H3;1H. The molecule has 0 atom stereocenters. The fourth-order valence-corrected chi connectivity index (χ4v) is 6.09. The van der Waals surface area contributed by atoms with E-state index in [1.807, 2.05) is 33.0 Å². The number of hydrogen-bond donors (Lipinski definition) is 1. The molecule has 4 heterocycles. The van der Waals surface area contributed by atoms with Crippen LogP contribution in [-0.4, -0.2) is 69.3 Å². The molecule has 0 bridgehead atoms. The molecule has 1 saturated carbocycles. The highest BCUT2D eigenvalue weighted by Crippen LogP contribution is 2.52. The van der Waals surface area contributed by atoms with Crippen molar-refractivity contribution in [2.24, 2.45) is 5.41 Å². The minimum atomic E-state index is -0.511. The zero-order valence-corrected chi connectivity index (χ0v) is 24.3. The van der Waals surface area contributed by atoms with E-state index in [1.54, 1.807) is 4.90 Å². The number of carbonyl (C=O) groups is 1. The Labute approximate surface area is 245 Å². The third-order valence-electron chi connectivity index (χ3n) is 8.08. The Hall–Kier alpha value is -3.57. The molecule has 218 valence electrons. The maximum absolute atomic E-state index is 14.2. The predicted octanol–water partition coefficient (Wildman–Crippen LogP) is 4.18. The van der Waals surface area contributed by atoms with E-state index in [0.717, 1.165) is 56.9 Å². The minimum absolute atomic E-state index is 0. The molecule has 6 rings (SSSR count). The van der Waals surface area contributed by atoms with Gasteiger partial charge in [0.25, 0.3) is 11.8 Å². The molecule has 1 N–H and O–H groups in total. The Morgan fingerprint density at radius 1 is 1.22 bits per heavy atom. The van der Waals surface area contributed by atoms with Crippen LogP contribution in [-0.2, 0) is 13.0 Å². The van der Waals surface area contributed by atoms with E-state index in [4.69, 9.17) is 9.47 Å². The minimum Gasteiger partial charge on any atom is -0.490 e. The summed E-state index contributed by atoms with van der Waals surface area (Å²) in [5.41, 5.74) is 2.60. The van der Waals surface area contributed by atoms with Crippen LogP contribution in [0.5, 0.6) is 17.4 Å². The van der Waals surface area contributed by atoms with E-state index in [1.165, 1.54) is 30.1 Å². The summed E-state index contributed by atoms with van der Waals surface area (Å²) in [6.45, 7) is 9.56. The Kier molecular flexibility index (Phi) is 8.28. The number of nitrogens with zero attached hydrogens (tertiary/aromatic N) is 6. The van der Waals surface area contributed by atoms with Gasteiger partial charge in [0, 0.05) is 68.1 Å². The van der Waals surface area contributed by atoms with Crippen molar-refractivity contribution >= 4 is 24.1 Å². The van der Waals surface area contributed by atoms with E-state index in [9.17, 15) is 9.18 Å². The van der Waals surface area contributed by atoms with Gasteiger partial charge in [-0.25, -0.2) is 9.37 Å². The number of amides is 1. The van der Waals surface area contributed by atoms with Crippen LogP contribution in [0.1, 0.15) is 55.2 Å². The Bertz CT molecular complexity index is 1410. The molecule has 2 aliphatic heterocycles. The number of ether oxygens (including phenoxy) is 2. The smallest absolute Gasteiger partial charge is 0.282 e. The molecule has 2 fully saturated rings. The lowest BCUT2D eigenvalue weighted by molar-refractivity contribution is -0.0350. The molecule has 1 aromatic carbocycles. The Morgan fingerprint density at radius 2 is 2.02 bits per heavy atom. The maximum atomic E-state index is 14.2. The van der Waals surface area contributed by atoms with Gasteiger partial charge in [-0.2, -0.15) is 0 Å². The van der Waals surface area contributed by atoms with Gasteiger partial charge in [-0.05, 0) is 57.9 Å². The summed E-state index contributed by atoms with van der Waals surface area (Å²) in [7, 11) is 0. The van der Waals surface area contributed by atoms with E-state index in [-0.39, 0.29) is 53.1 Å². The first-order chi connectivity index (χ1) is 19.4. The van der Waals surface area contributed by atoms with Crippen molar-refractivity contribution in [2.75, 3.05) is 31.1 Å². The lowest BCUT2D eigenvalue weighted by Gasteiger charge is -2.58. The number of nitrogens with one attached hydrogen (secondary N) is 1. The summed E-state index contributed by atoms with van der Waals surface area (Å²) < 4.78 is 26.7. The van der Waals surface area contributed by atoms with Crippen molar-refractivity contribution in [1.82, 2.24) is 30.4 Å². The average Bonchev–Trinajstić information content (AvgIpc) is 2.91. The van der Waals surface area contributed by atoms with Crippen LogP contribution in [0.2, 0.25) is 0 Å². The lowest BCUT2D eigenvalue weighted by Crippen LogP contribution is -2.65. The number of rotatable bonds is 8. The van der Waals surface area contributed by atoms with E-state index >= 15 is 0 Å². The zero-order chi connectivity index (χ0) is 27.9. The molecule has 1 spiro atoms. The van der Waals surface area contributed by atoms with Gasteiger partial charge >= 0.3 is 0 Å². The normalized spacial score (nSPS) is 17.2. The van der Waals surface area contributed by atoms with Crippen molar-refractivity contribution in [3.63, 3.8) is 0 Å². The van der Waals surface area contributed by atoms with Crippen LogP contribution in [0.15, 0.2) is 36.8 Å². The monoisotopic (exact) mass is 583 g/mol. The van der Waals surface area contributed by atoms with Crippen molar-refractivity contribution in [1.29, 1.82) is 0 Å². The molecule has 41 heavy (non-hydrogen) atoms. The fraction of sp³-hybridized carbons (Fsp3) is 0.483. The zero-order valence-electron chi connectivity index (χ0n) is 23.5. The van der Waals surface area contributed by atoms with Crippen LogP contribution in [0.3, 0.4) is 0 Å². The molecule has 0 radical (unpaired) electrons. The number of pyridine rings is 1. The second kappa shape index (κ2) is 11.7. The molecule has 3 aromatic rings. The summed E-state index contributed by atoms with van der Waals surface area (Å²) >= 11 is 0. The van der Waals surface area contributed by atoms with Gasteiger partial charge in [0.05, 0.1) is 5.56 Å². The molecular weight excluding hydrogens is 549 g/mol. The molecule has 1 saturated heterocycles. The van der Waals surface area contributed by atoms with Gasteiger partial charge in [-0.1, -0.05) is 0 Å². The second-order valence-corrected chi connectivity index (χ2v) is 11.2. The number of anilines is 1. The van der Waals surface area contributed by atoms with Gasteiger partial charge in [0.1, 0.15) is 29.7 Å². The fourth-order valence-electron chi connectivity index (χ4n) is 6.09. The molecule has 0 unspecified atom stereocenters. The summed E-state index contributed by atoms with van der Waals surface area (Å²) in [5, 5.41) is 11.5. The van der Waals surface area contributed by atoms with Crippen molar-refractivity contribution in [3.8, 4) is 17.4 Å². The maximum Gasteiger partial charge on any atom is 0.282 e. The SMILES string of the molecule is CCN(C(=O)c1cc(F)ccc1Oc1nncnc1N1CC2(CC(Oc3ccnc4c3CNCC4)C2)C1)C(C)C.Cl.